The summed E-state index contributed by atoms with van der Waals surface area (Å²) in [5.74, 6) is 1.02. The lowest BCUT2D eigenvalue weighted by Crippen LogP contribution is -2.17. The van der Waals surface area contributed by atoms with Crippen LogP contribution >= 0.6 is 0 Å². The number of nitrogens with one attached hydrogen (secondary N) is 1. The summed E-state index contributed by atoms with van der Waals surface area (Å²) in [4.78, 5) is 0. The Kier molecular flexibility index (Phi) is 2.97. The van der Waals surface area contributed by atoms with Gasteiger partial charge in [0, 0.05) is 19.2 Å². The molecule has 0 aliphatic carbocycles. The maximum absolute atomic E-state index is 4.18. The molecule has 0 radical (unpaired) electrons. The topological polar surface area (TPSA) is 42.2 Å². The molecule has 0 bridgehead atoms. The predicted molar refractivity (Wildman–Crippen MR) is 60.0 cm³/mol. The van der Waals surface area contributed by atoms with Gasteiger partial charge in [-0.2, -0.15) is 0 Å². The highest BCUT2D eigenvalue weighted by Gasteiger charge is 2.03. The van der Waals surface area contributed by atoms with Gasteiger partial charge in [0.15, 0.2) is 5.65 Å². The largest absolute Gasteiger partial charge is 0.317 e. The number of nitrogens with zero attached hydrogens (tertiary/aromatic N) is 3. The number of aryl methyl sites for hydroxylation is 1. The zero-order chi connectivity index (χ0) is 10.7. The van der Waals surface area contributed by atoms with Gasteiger partial charge in [-0.05, 0) is 31.2 Å². The highest BCUT2D eigenvalue weighted by molar-refractivity contribution is 5.40. The van der Waals surface area contributed by atoms with E-state index in [-0.39, 0.29) is 0 Å². The van der Waals surface area contributed by atoms with E-state index in [1.807, 2.05) is 16.7 Å². The van der Waals surface area contributed by atoms with Gasteiger partial charge in [0.25, 0.3) is 0 Å². The Balaban J connectivity index is 2.21. The molecule has 80 valence electrons. The third kappa shape index (κ3) is 2.15. The van der Waals surface area contributed by atoms with E-state index in [1.54, 1.807) is 0 Å². The molecule has 0 unspecified atom stereocenters. The molecule has 0 aliphatic rings. The van der Waals surface area contributed by atoms with Crippen molar-refractivity contribution in [2.24, 2.45) is 0 Å². The fourth-order valence-corrected chi connectivity index (χ4v) is 1.59. The number of likely N-dealkylation sites (N-methyl/N-ethyl adjacent to an activating group) is 1. The Labute approximate surface area is 89.3 Å². The van der Waals surface area contributed by atoms with Crippen LogP contribution in [-0.2, 0) is 6.42 Å². The molecule has 0 atom stereocenters. The molecular formula is C11H16N4. The highest BCUT2D eigenvalue weighted by Crippen LogP contribution is 2.06. The van der Waals surface area contributed by atoms with Gasteiger partial charge in [0.2, 0.25) is 0 Å². The molecule has 2 rings (SSSR count). The van der Waals surface area contributed by atoms with E-state index >= 15 is 0 Å². The van der Waals surface area contributed by atoms with E-state index in [0.29, 0.717) is 0 Å². The van der Waals surface area contributed by atoms with Crippen molar-refractivity contribution in [3.63, 3.8) is 0 Å². The average Bonchev–Trinajstić information content (AvgIpc) is 2.61. The molecule has 1 N–H and O–H groups in total. The molecule has 4 heteroatoms. The molecule has 0 saturated carbocycles. The zero-order valence-electron chi connectivity index (χ0n) is 9.20. The van der Waals surface area contributed by atoms with Crippen LogP contribution in [0.15, 0.2) is 18.3 Å². The van der Waals surface area contributed by atoms with Gasteiger partial charge >= 0.3 is 0 Å². The maximum Gasteiger partial charge on any atom is 0.161 e. The van der Waals surface area contributed by atoms with E-state index in [4.69, 9.17) is 0 Å². The fourth-order valence-electron chi connectivity index (χ4n) is 1.59. The van der Waals surface area contributed by atoms with Crippen LogP contribution in [0.4, 0.5) is 0 Å². The standard InChI is InChI=1S/C11H16N4/c1-3-12-6-4-10-13-14-11-8-9(2)5-7-15(10)11/h5,7-8,12H,3-4,6H2,1-2H3. The Bertz CT molecular complexity index is 447. The third-order valence-corrected chi connectivity index (χ3v) is 2.41. The van der Waals surface area contributed by atoms with Crippen molar-refractivity contribution >= 4 is 5.65 Å². The molecule has 0 amide bonds. The van der Waals surface area contributed by atoms with Crippen LogP contribution in [-0.4, -0.2) is 27.7 Å². The van der Waals surface area contributed by atoms with Crippen LogP contribution in [0.1, 0.15) is 18.3 Å². The van der Waals surface area contributed by atoms with E-state index in [0.717, 1.165) is 31.0 Å². The highest BCUT2D eigenvalue weighted by atomic mass is 15.2. The Hall–Kier alpha value is -1.42. The summed E-state index contributed by atoms with van der Waals surface area (Å²) in [6.45, 7) is 6.11. The lowest BCUT2D eigenvalue weighted by Gasteiger charge is -2.00. The number of rotatable bonds is 4. The maximum atomic E-state index is 4.18. The van der Waals surface area contributed by atoms with Crippen LogP contribution in [0.3, 0.4) is 0 Å². The minimum atomic E-state index is 0.915. The number of hydrogen-bond donors (Lipinski definition) is 1. The number of aromatic nitrogens is 3. The van der Waals surface area contributed by atoms with Crippen LogP contribution < -0.4 is 5.32 Å². The molecular weight excluding hydrogens is 188 g/mol. The summed E-state index contributed by atoms with van der Waals surface area (Å²) in [5.41, 5.74) is 2.15. The van der Waals surface area contributed by atoms with E-state index in [9.17, 15) is 0 Å². The number of pyridine rings is 1. The van der Waals surface area contributed by atoms with Crippen LogP contribution in [0.2, 0.25) is 0 Å². The first-order valence-corrected chi connectivity index (χ1v) is 5.32. The Morgan fingerprint density at radius 1 is 1.40 bits per heavy atom. The fraction of sp³-hybridized carbons (Fsp3) is 0.455. The summed E-state index contributed by atoms with van der Waals surface area (Å²) in [7, 11) is 0. The smallest absolute Gasteiger partial charge is 0.161 e. The van der Waals surface area contributed by atoms with Crippen molar-refractivity contribution in [2.45, 2.75) is 20.3 Å². The summed E-state index contributed by atoms with van der Waals surface area (Å²) < 4.78 is 2.05. The van der Waals surface area contributed by atoms with Crippen LogP contribution in [0, 0.1) is 6.92 Å². The van der Waals surface area contributed by atoms with E-state index in [1.165, 1.54) is 5.56 Å². The SMILES string of the molecule is CCNCCc1nnc2cc(C)ccn12. The molecule has 0 spiro atoms. The molecule has 15 heavy (non-hydrogen) atoms. The first-order valence-electron chi connectivity index (χ1n) is 5.32. The van der Waals surface area contributed by atoms with E-state index < -0.39 is 0 Å². The zero-order valence-corrected chi connectivity index (χ0v) is 9.20. The van der Waals surface area contributed by atoms with Gasteiger partial charge < -0.3 is 5.32 Å². The third-order valence-electron chi connectivity index (χ3n) is 2.41. The molecule has 0 fully saturated rings. The summed E-state index contributed by atoms with van der Waals surface area (Å²) in [6.07, 6.45) is 2.95. The van der Waals surface area contributed by atoms with Gasteiger partial charge in [0.1, 0.15) is 5.82 Å². The first kappa shape index (κ1) is 10.1. The Morgan fingerprint density at radius 2 is 2.27 bits per heavy atom. The second kappa shape index (κ2) is 4.40. The number of fused-ring (bicyclic) bond motifs is 1. The van der Waals surface area contributed by atoms with Crippen molar-refractivity contribution < 1.29 is 0 Å². The normalized spacial score (nSPS) is 11.1. The average molecular weight is 204 g/mol. The van der Waals surface area contributed by atoms with E-state index in [2.05, 4.69) is 35.4 Å². The van der Waals surface area contributed by atoms with Gasteiger partial charge in [-0.1, -0.05) is 6.92 Å². The minimum Gasteiger partial charge on any atom is -0.317 e. The summed E-state index contributed by atoms with van der Waals surface area (Å²) in [6, 6.07) is 4.12. The van der Waals surface area contributed by atoms with Gasteiger partial charge in [-0.15, -0.1) is 10.2 Å². The predicted octanol–water partition coefficient (Wildman–Crippen LogP) is 1.19. The lowest BCUT2D eigenvalue weighted by atomic mass is 10.3. The summed E-state index contributed by atoms with van der Waals surface area (Å²) >= 11 is 0. The second-order valence-electron chi connectivity index (χ2n) is 3.65. The van der Waals surface area contributed by atoms with Crippen LogP contribution in [0.5, 0.6) is 0 Å². The van der Waals surface area contributed by atoms with Crippen molar-refractivity contribution in [1.82, 2.24) is 19.9 Å². The van der Waals surface area contributed by atoms with Crippen molar-refractivity contribution in [3.8, 4) is 0 Å². The van der Waals surface area contributed by atoms with Gasteiger partial charge in [-0.25, -0.2) is 0 Å². The quantitative estimate of drug-likeness (QED) is 0.761. The Morgan fingerprint density at radius 3 is 3.07 bits per heavy atom. The molecule has 2 aromatic rings. The molecule has 0 aromatic carbocycles. The summed E-state index contributed by atoms with van der Waals surface area (Å²) in [5, 5.41) is 11.6. The molecule has 2 heterocycles. The second-order valence-corrected chi connectivity index (χ2v) is 3.65. The van der Waals surface area contributed by atoms with Crippen LogP contribution in [0.25, 0.3) is 5.65 Å². The lowest BCUT2D eigenvalue weighted by molar-refractivity contribution is 0.691. The number of hydrogen-bond acceptors (Lipinski definition) is 3. The minimum absolute atomic E-state index is 0.915. The molecule has 2 aromatic heterocycles. The molecule has 4 nitrogen and oxygen atoms in total. The van der Waals surface area contributed by atoms with Crippen molar-refractivity contribution in [1.29, 1.82) is 0 Å². The first-order chi connectivity index (χ1) is 7.31. The monoisotopic (exact) mass is 204 g/mol. The molecule has 0 saturated heterocycles. The van der Waals surface area contributed by atoms with Crippen molar-refractivity contribution in [3.05, 3.63) is 29.7 Å². The van der Waals surface area contributed by atoms with Gasteiger partial charge in [0.05, 0.1) is 0 Å². The van der Waals surface area contributed by atoms with Crippen molar-refractivity contribution in [2.75, 3.05) is 13.1 Å². The molecule has 0 aliphatic heterocycles. The van der Waals surface area contributed by atoms with Gasteiger partial charge in [-0.3, -0.25) is 4.40 Å².